The van der Waals surface area contributed by atoms with Crippen molar-refractivity contribution >= 4 is 17.5 Å². The Bertz CT molecular complexity index is 488. The fourth-order valence-electron chi connectivity index (χ4n) is 1.77. The molecule has 0 unspecified atom stereocenters. The smallest absolute Gasteiger partial charge is 0.311 e. The number of aromatic nitrogens is 1. The van der Waals surface area contributed by atoms with Crippen LogP contribution >= 0.6 is 0 Å². The van der Waals surface area contributed by atoms with Crippen LogP contribution < -0.4 is 5.32 Å². The van der Waals surface area contributed by atoms with E-state index in [1.807, 2.05) is 13.8 Å². The lowest BCUT2D eigenvalue weighted by Gasteiger charge is -2.23. The number of nitrogens with one attached hydrogen (secondary N) is 1. The Morgan fingerprint density at radius 2 is 2.20 bits per heavy atom. The third-order valence-electron chi connectivity index (χ3n) is 3.09. The average Bonchev–Trinajstić information content (AvgIpc) is 2.37. The molecule has 0 bridgehead atoms. The minimum atomic E-state index is -0.814. The van der Waals surface area contributed by atoms with Gasteiger partial charge in [-0.3, -0.25) is 14.9 Å². The SMILES string of the molecule is CC(C)(CCNc1ncccc1[N+](=O)[O-])CCC(=O)O. The molecule has 1 rings (SSSR count). The lowest BCUT2D eigenvalue weighted by Crippen LogP contribution is -2.19. The number of carboxylic acids is 1. The predicted octanol–water partition coefficient (Wildman–Crippen LogP) is 2.68. The number of nitro groups is 1. The normalized spacial score (nSPS) is 11.1. The standard InChI is InChI=1S/C13H19N3O4/c1-13(2,6-5-11(17)18)7-9-15-12-10(16(19)20)4-3-8-14-12/h3-4,8H,5-7,9H2,1-2H3,(H,14,15)(H,17,18). The number of carbonyl (C=O) groups is 1. The first kappa shape index (κ1) is 15.9. The summed E-state index contributed by atoms with van der Waals surface area (Å²) in [7, 11) is 0. The second-order valence-electron chi connectivity index (χ2n) is 5.36. The van der Waals surface area contributed by atoms with Crippen LogP contribution in [0.1, 0.15) is 33.1 Å². The highest BCUT2D eigenvalue weighted by Crippen LogP contribution is 2.27. The van der Waals surface area contributed by atoms with E-state index in [9.17, 15) is 14.9 Å². The average molecular weight is 281 g/mol. The molecule has 7 nitrogen and oxygen atoms in total. The van der Waals surface area contributed by atoms with E-state index < -0.39 is 10.9 Å². The Hall–Kier alpha value is -2.18. The van der Waals surface area contributed by atoms with Gasteiger partial charge in [-0.25, -0.2) is 4.98 Å². The molecule has 7 heteroatoms. The minimum Gasteiger partial charge on any atom is -0.481 e. The Kier molecular flexibility index (Phi) is 5.42. The molecule has 110 valence electrons. The molecule has 0 aliphatic heterocycles. The van der Waals surface area contributed by atoms with E-state index >= 15 is 0 Å². The molecule has 0 aromatic carbocycles. The molecule has 1 aromatic rings. The molecule has 2 N–H and O–H groups in total. The van der Waals surface area contributed by atoms with Gasteiger partial charge in [0.1, 0.15) is 0 Å². The first-order chi connectivity index (χ1) is 9.32. The summed E-state index contributed by atoms with van der Waals surface area (Å²) in [4.78, 5) is 24.8. The van der Waals surface area contributed by atoms with Crippen LogP contribution in [0.2, 0.25) is 0 Å². The summed E-state index contributed by atoms with van der Waals surface area (Å²) in [5.41, 5.74) is -0.203. The van der Waals surface area contributed by atoms with Crippen LogP contribution in [0.3, 0.4) is 0 Å². The van der Waals surface area contributed by atoms with Crippen molar-refractivity contribution in [3.8, 4) is 0 Å². The molecule has 0 radical (unpaired) electrons. The molecule has 0 saturated carbocycles. The molecular weight excluding hydrogens is 262 g/mol. The third-order valence-corrected chi connectivity index (χ3v) is 3.09. The van der Waals surface area contributed by atoms with Crippen molar-refractivity contribution < 1.29 is 14.8 Å². The maximum Gasteiger partial charge on any atom is 0.311 e. The van der Waals surface area contributed by atoms with E-state index in [0.29, 0.717) is 19.4 Å². The van der Waals surface area contributed by atoms with E-state index in [4.69, 9.17) is 5.11 Å². The van der Waals surface area contributed by atoms with Crippen LogP contribution in [0.4, 0.5) is 11.5 Å². The lowest BCUT2D eigenvalue weighted by atomic mass is 9.84. The van der Waals surface area contributed by atoms with Crippen molar-refractivity contribution in [2.75, 3.05) is 11.9 Å². The highest BCUT2D eigenvalue weighted by molar-refractivity contribution is 5.66. The topological polar surface area (TPSA) is 105 Å². The van der Waals surface area contributed by atoms with Crippen LogP contribution in [0.15, 0.2) is 18.3 Å². The van der Waals surface area contributed by atoms with Crippen LogP contribution in [0, 0.1) is 15.5 Å². The van der Waals surface area contributed by atoms with Crippen LogP contribution in [-0.4, -0.2) is 27.5 Å². The molecule has 0 spiro atoms. The molecule has 0 saturated heterocycles. The van der Waals surface area contributed by atoms with Gasteiger partial charge in [-0.1, -0.05) is 13.8 Å². The molecule has 0 atom stereocenters. The number of hydrogen-bond acceptors (Lipinski definition) is 5. The molecule has 0 fully saturated rings. The summed E-state index contributed by atoms with van der Waals surface area (Å²) < 4.78 is 0. The number of pyridine rings is 1. The number of nitrogens with zero attached hydrogens (tertiary/aromatic N) is 2. The van der Waals surface area contributed by atoms with Crippen molar-refractivity contribution in [2.45, 2.75) is 33.1 Å². The summed E-state index contributed by atoms with van der Waals surface area (Å²) in [5.74, 6) is -0.571. The van der Waals surface area contributed by atoms with Crippen molar-refractivity contribution in [3.05, 3.63) is 28.4 Å². The van der Waals surface area contributed by atoms with Crippen molar-refractivity contribution in [2.24, 2.45) is 5.41 Å². The Balaban J connectivity index is 2.52. The lowest BCUT2D eigenvalue weighted by molar-refractivity contribution is -0.384. The zero-order valence-electron chi connectivity index (χ0n) is 11.6. The molecule has 0 amide bonds. The Labute approximate surface area is 117 Å². The van der Waals surface area contributed by atoms with Crippen molar-refractivity contribution in [1.29, 1.82) is 0 Å². The fourth-order valence-corrected chi connectivity index (χ4v) is 1.77. The second-order valence-corrected chi connectivity index (χ2v) is 5.36. The van der Waals surface area contributed by atoms with Gasteiger partial charge in [0, 0.05) is 25.2 Å². The first-order valence-electron chi connectivity index (χ1n) is 6.37. The summed E-state index contributed by atoms with van der Waals surface area (Å²) in [6, 6.07) is 2.91. The van der Waals surface area contributed by atoms with E-state index in [2.05, 4.69) is 10.3 Å². The van der Waals surface area contributed by atoms with Gasteiger partial charge in [0.15, 0.2) is 0 Å². The van der Waals surface area contributed by atoms with Crippen LogP contribution in [-0.2, 0) is 4.79 Å². The quantitative estimate of drug-likeness (QED) is 0.560. The predicted molar refractivity (Wildman–Crippen MR) is 74.6 cm³/mol. The monoisotopic (exact) mass is 281 g/mol. The highest BCUT2D eigenvalue weighted by atomic mass is 16.6. The highest BCUT2D eigenvalue weighted by Gasteiger charge is 2.20. The van der Waals surface area contributed by atoms with Gasteiger partial charge in [0.05, 0.1) is 4.92 Å². The number of aliphatic carboxylic acids is 1. The summed E-state index contributed by atoms with van der Waals surface area (Å²) in [6.45, 7) is 4.46. The zero-order valence-corrected chi connectivity index (χ0v) is 11.6. The largest absolute Gasteiger partial charge is 0.481 e. The number of rotatable bonds is 8. The van der Waals surface area contributed by atoms with E-state index in [1.165, 1.54) is 18.3 Å². The number of hydrogen-bond donors (Lipinski definition) is 2. The van der Waals surface area contributed by atoms with Crippen LogP contribution in [0.25, 0.3) is 0 Å². The van der Waals surface area contributed by atoms with Gasteiger partial charge in [-0.15, -0.1) is 0 Å². The second kappa shape index (κ2) is 6.83. The first-order valence-corrected chi connectivity index (χ1v) is 6.37. The Morgan fingerprint density at radius 3 is 2.80 bits per heavy atom. The van der Waals surface area contributed by atoms with Crippen LogP contribution in [0.5, 0.6) is 0 Å². The van der Waals surface area contributed by atoms with Crippen molar-refractivity contribution in [3.63, 3.8) is 0 Å². The summed E-state index contributed by atoms with van der Waals surface area (Å²) in [6.07, 6.45) is 2.88. The minimum absolute atomic E-state index is 0.0594. The molecule has 20 heavy (non-hydrogen) atoms. The van der Waals surface area contributed by atoms with Gasteiger partial charge < -0.3 is 10.4 Å². The summed E-state index contributed by atoms with van der Waals surface area (Å²) in [5, 5.41) is 22.4. The molecule has 1 heterocycles. The fraction of sp³-hybridized carbons (Fsp3) is 0.538. The number of carboxylic acid groups (broad SMARTS) is 1. The zero-order chi connectivity index (χ0) is 15.2. The van der Waals surface area contributed by atoms with E-state index in [-0.39, 0.29) is 23.3 Å². The molecule has 0 aliphatic rings. The van der Waals surface area contributed by atoms with Gasteiger partial charge in [-0.05, 0) is 24.3 Å². The van der Waals surface area contributed by atoms with Gasteiger partial charge in [-0.2, -0.15) is 0 Å². The summed E-state index contributed by atoms with van der Waals surface area (Å²) >= 11 is 0. The maximum atomic E-state index is 10.8. The van der Waals surface area contributed by atoms with E-state index in [1.54, 1.807) is 0 Å². The van der Waals surface area contributed by atoms with Crippen molar-refractivity contribution in [1.82, 2.24) is 4.98 Å². The van der Waals surface area contributed by atoms with Gasteiger partial charge in [0.25, 0.3) is 0 Å². The molecule has 0 aliphatic carbocycles. The number of anilines is 1. The van der Waals surface area contributed by atoms with Gasteiger partial charge in [0.2, 0.25) is 5.82 Å². The molecular formula is C13H19N3O4. The maximum absolute atomic E-state index is 10.8. The van der Waals surface area contributed by atoms with E-state index in [0.717, 1.165) is 0 Å². The Morgan fingerprint density at radius 1 is 1.50 bits per heavy atom. The third kappa shape index (κ3) is 5.21. The molecule has 1 aromatic heterocycles. The van der Waals surface area contributed by atoms with Gasteiger partial charge >= 0.3 is 11.7 Å².